The average molecular weight is 345 g/mol. The highest BCUT2D eigenvalue weighted by molar-refractivity contribution is 6.02. The van der Waals surface area contributed by atoms with Crippen LogP contribution in [0.2, 0.25) is 0 Å². The van der Waals surface area contributed by atoms with Crippen molar-refractivity contribution in [3.05, 3.63) is 35.9 Å². The number of carboxylic acids is 1. The standard InChI is InChI=1S/C17H19N3O5/c21-13(6-7-14(22)23)19-9-8-12-15(19)16(24)20(17(25)18-12)10-11-4-2-1-3-5-11/h1-5,12,15H,6-10H2,(H,18,25)(H,22,23)/t12-,15-/m1/s1. The molecule has 2 aliphatic rings. The highest BCUT2D eigenvalue weighted by Gasteiger charge is 2.49. The summed E-state index contributed by atoms with van der Waals surface area (Å²) >= 11 is 0. The molecule has 0 unspecified atom stereocenters. The zero-order valence-electron chi connectivity index (χ0n) is 13.6. The maximum absolute atomic E-state index is 12.8. The average Bonchev–Trinajstić information content (AvgIpc) is 3.01. The van der Waals surface area contributed by atoms with Gasteiger partial charge in [0.05, 0.1) is 19.0 Å². The van der Waals surface area contributed by atoms with Gasteiger partial charge in [-0.15, -0.1) is 0 Å². The van der Waals surface area contributed by atoms with Crippen molar-refractivity contribution in [2.75, 3.05) is 6.54 Å². The van der Waals surface area contributed by atoms with Crippen LogP contribution < -0.4 is 5.32 Å². The van der Waals surface area contributed by atoms with Crippen LogP contribution in [-0.4, -0.2) is 57.3 Å². The van der Waals surface area contributed by atoms with Crippen LogP contribution in [0.4, 0.5) is 4.79 Å². The van der Waals surface area contributed by atoms with Crippen molar-refractivity contribution in [1.82, 2.24) is 15.1 Å². The summed E-state index contributed by atoms with van der Waals surface area (Å²) < 4.78 is 0. The summed E-state index contributed by atoms with van der Waals surface area (Å²) in [5.74, 6) is -1.85. The summed E-state index contributed by atoms with van der Waals surface area (Å²) in [6.45, 7) is 0.463. The number of hydrogen-bond acceptors (Lipinski definition) is 4. The van der Waals surface area contributed by atoms with Crippen LogP contribution in [0.5, 0.6) is 0 Å². The van der Waals surface area contributed by atoms with E-state index in [9.17, 15) is 19.2 Å². The summed E-state index contributed by atoms with van der Waals surface area (Å²) in [7, 11) is 0. The Balaban J connectivity index is 1.75. The second-order valence-corrected chi connectivity index (χ2v) is 6.18. The van der Waals surface area contributed by atoms with Crippen LogP contribution in [0.25, 0.3) is 0 Å². The van der Waals surface area contributed by atoms with Crippen LogP contribution in [0, 0.1) is 0 Å². The molecule has 2 saturated heterocycles. The number of hydrogen-bond donors (Lipinski definition) is 2. The maximum atomic E-state index is 12.8. The van der Waals surface area contributed by atoms with E-state index < -0.39 is 30.0 Å². The van der Waals surface area contributed by atoms with E-state index in [1.54, 1.807) is 0 Å². The third kappa shape index (κ3) is 3.47. The molecule has 0 spiro atoms. The quantitative estimate of drug-likeness (QED) is 0.811. The number of rotatable bonds is 5. The summed E-state index contributed by atoms with van der Waals surface area (Å²) in [6, 6.07) is 7.48. The summed E-state index contributed by atoms with van der Waals surface area (Å²) in [5, 5.41) is 11.5. The number of carboxylic acid groups (broad SMARTS) is 1. The molecule has 0 radical (unpaired) electrons. The fraction of sp³-hybridized carbons (Fsp3) is 0.412. The zero-order chi connectivity index (χ0) is 18.0. The Hall–Kier alpha value is -2.90. The molecule has 2 aliphatic heterocycles. The second-order valence-electron chi connectivity index (χ2n) is 6.18. The third-order valence-corrected chi connectivity index (χ3v) is 4.53. The number of imide groups is 1. The highest BCUT2D eigenvalue weighted by atomic mass is 16.4. The van der Waals surface area contributed by atoms with Gasteiger partial charge < -0.3 is 15.3 Å². The highest BCUT2D eigenvalue weighted by Crippen LogP contribution is 2.26. The molecule has 8 nitrogen and oxygen atoms in total. The molecular formula is C17H19N3O5. The number of fused-ring (bicyclic) bond motifs is 1. The zero-order valence-corrected chi connectivity index (χ0v) is 13.6. The van der Waals surface area contributed by atoms with E-state index in [4.69, 9.17) is 5.11 Å². The number of urea groups is 1. The summed E-state index contributed by atoms with van der Waals surface area (Å²) in [6.07, 6.45) is 0.0552. The lowest BCUT2D eigenvalue weighted by molar-refractivity contribution is -0.145. The van der Waals surface area contributed by atoms with Gasteiger partial charge in [-0.05, 0) is 12.0 Å². The minimum atomic E-state index is -1.06. The number of carbonyl (C=O) groups is 4. The Bertz CT molecular complexity index is 705. The van der Waals surface area contributed by atoms with Gasteiger partial charge in [0, 0.05) is 13.0 Å². The fourth-order valence-electron chi connectivity index (χ4n) is 3.30. The predicted octanol–water partition coefficient (Wildman–Crippen LogP) is 0.573. The SMILES string of the molecule is O=C(O)CCC(=O)N1CC[C@H]2NC(=O)N(Cc3ccccc3)C(=O)[C@@H]21. The van der Waals surface area contributed by atoms with E-state index >= 15 is 0 Å². The molecule has 2 fully saturated rings. The van der Waals surface area contributed by atoms with Gasteiger partial charge in [0.2, 0.25) is 5.91 Å². The number of amides is 4. The molecule has 1 aromatic carbocycles. The Morgan fingerprint density at radius 3 is 2.56 bits per heavy atom. The molecule has 2 heterocycles. The van der Waals surface area contributed by atoms with Crippen molar-refractivity contribution < 1.29 is 24.3 Å². The first-order valence-corrected chi connectivity index (χ1v) is 8.14. The predicted molar refractivity (Wildman–Crippen MR) is 86.3 cm³/mol. The van der Waals surface area contributed by atoms with Gasteiger partial charge in [-0.25, -0.2) is 4.79 Å². The minimum Gasteiger partial charge on any atom is -0.481 e. The number of likely N-dealkylation sites (tertiary alicyclic amines) is 1. The van der Waals surface area contributed by atoms with Crippen molar-refractivity contribution >= 4 is 23.8 Å². The van der Waals surface area contributed by atoms with Gasteiger partial charge >= 0.3 is 12.0 Å². The van der Waals surface area contributed by atoms with Crippen molar-refractivity contribution in [2.45, 2.75) is 37.9 Å². The van der Waals surface area contributed by atoms with E-state index in [0.717, 1.165) is 10.5 Å². The fourth-order valence-corrected chi connectivity index (χ4v) is 3.30. The Morgan fingerprint density at radius 2 is 1.88 bits per heavy atom. The van der Waals surface area contributed by atoms with Gasteiger partial charge in [-0.3, -0.25) is 19.3 Å². The molecular weight excluding hydrogens is 326 g/mol. The van der Waals surface area contributed by atoms with Crippen LogP contribution in [0.3, 0.4) is 0 Å². The van der Waals surface area contributed by atoms with Crippen LogP contribution in [-0.2, 0) is 20.9 Å². The van der Waals surface area contributed by atoms with E-state index in [2.05, 4.69) is 5.32 Å². The second kappa shape index (κ2) is 6.92. The van der Waals surface area contributed by atoms with Crippen LogP contribution in [0.1, 0.15) is 24.8 Å². The van der Waals surface area contributed by atoms with Gasteiger partial charge in [0.15, 0.2) is 0 Å². The topological polar surface area (TPSA) is 107 Å². The molecule has 132 valence electrons. The minimum absolute atomic E-state index is 0.131. The molecule has 2 atom stereocenters. The molecule has 25 heavy (non-hydrogen) atoms. The molecule has 8 heteroatoms. The van der Waals surface area contributed by atoms with Gasteiger partial charge in [-0.1, -0.05) is 30.3 Å². The van der Waals surface area contributed by atoms with Crippen LogP contribution >= 0.6 is 0 Å². The maximum Gasteiger partial charge on any atom is 0.324 e. The van der Waals surface area contributed by atoms with Crippen molar-refractivity contribution in [3.63, 3.8) is 0 Å². The van der Waals surface area contributed by atoms with Crippen molar-refractivity contribution in [3.8, 4) is 0 Å². The summed E-state index contributed by atoms with van der Waals surface area (Å²) in [5.41, 5.74) is 0.811. The number of carbonyl (C=O) groups excluding carboxylic acids is 3. The number of aliphatic carboxylic acids is 1. The number of nitrogens with zero attached hydrogens (tertiary/aromatic N) is 2. The molecule has 0 aromatic heterocycles. The molecule has 4 amide bonds. The smallest absolute Gasteiger partial charge is 0.324 e. The number of nitrogens with one attached hydrogen (secondary N) is 1. The van der Waals surface area contributed by atoms with Crippen LogP contribution in [0.15, 0.2) is 30.3 Å². The monoisotopic (exact) mass is 345 g/mol. The Labute approximate surface area is 144 Å². The normalized spacial score (nSPS) is 22.6. The first-order chi connectivity index (χ1) is 12.0. The Morgan fingerprint density at radius 1 is 1.16 bits per heavy atom. The van der Waals surface area contributed by atoms with Crippen molar-refractivity contribution in [1.29, 1.82) is 0 Å². The van der Waals surface area contributed by atoms with Gasteiger partial charge in [-0.2, -0.15) is 0 Å². The first-order valence-electron chi connectivity index (χ1n) is 8.14. The lowest BCUT2D eigenvalue weighted by Gasteiger charge is -2.37. The van der Waals surface area contributed by atoms with E-state index in [-0.39, 0.29) is 25.3 Å². The molecule has 1 aromatic rings. The van der Waals surface area contributed by atoms with Crippen molar-refractivity contribution in [2.24, 2.45) is 0 Å². The van der Waals surface area contributed by atoms with E-state index in [0.29, 0.717) is 13.0 Å². The lowest BCUT2D eigenvalue weighted by Crippen LogP contribution is -2.64. The third-order valence-electron chi connectivity index (χ3n) is 4.53. The first kappa shape index (κ1) is 16.9. The molecule has 3 rings (SSSR count). The number of benzene rings is 1. The molecule has 2 N–H and O–H groups in total. The molecule has 0 saturated carbocycles. The molecule has 0 aliphatic carbocycles. The molecule has 0 bridgehead atoms. The largest absolute Gasteiger partial charge is 0.481 e. The Kier molecular flexibility index (Phi) is 4.69. The van der Waals surface area contributed by atoms with Gasteiger partial charge in [0.1, 0.15) is 6.04 Å². The summed E-state index contributed by atoms with van der Waals surface area (Å²) in [4.78, 5) is 50.5. The van der Waals surface area contributed by atoms with E-state index in [1.165, 1.54) is 4.90 Å². The van der Waals surface area contributed by atoms with Gasteiger partial charge in [0.25, 0.3) is 5.91 Å². The van der Waals surface area contributed by atoms with E-state index in [1.807, 2.05) is 30.3 Å². The lowest BCUT2D eigenvalue weighted by atomic mass is 10.0.